The van der Waals surface area contributed by atoms with Crippen LogP contribution in [0.2, 0.25) is 0 Å². The Balaban J connectivity index is 2.45. The summed E-state index contributed by atoms with van der Waals surface area (Å²) in [5.41, 5.74) is 0. The van der Waals surface area contributed by atoms with Gasteiger partial charge in [0.15, 0.2) is 5.88 Å². The van der Waals surface area contributed by atoms with Gasteiger partial charge >= 0.3 is 0 Å². The molecule has 1 aromatic heterocycles. The zero-order valence-electron chi connectivity index (χ0n) is 5.70. The van der Waals surface area contributed by atoms with Crippen molar-refractivity contribution in [2.45, 2.75) is 6.42 Å². The lowest BCUT2D eigenvalue weighted by Gasteiger charge is -1.94. The van der Waals surface area contributed by atoms with Crippen LogP contribution in [0.4, 0.5) is 5.88 Å². The highest BCUT2D eigenvalue weighted by atomic mass is 16.3. The summed E-state index contributed by atoms with van der Waals surface area (Å²) in [6, 6.07) is 4.99. The number of carbonyl (C=O) groups is 1. The molecule has 0 fully saturated rings. The molecule has 1 N–H and O–H groups in total. The molecule has 1 heterocycles. The van der Waals surface area contributed by atoms with Crippen molar-refractivity contribution in [2.75, 3.05) is 5.32 Å². The molecule has 0 atom stereocenters. The lowest BCUT2D eigenvalue weighted by molar-refractivity contribution is -0.115. The normalized spacial score (nSPS) is 8.64. The molecule has 1 rings (SSSR count). The van der Waals surface area contributed by atoms with Crippen molar-refractivity contribution >= 4 is 11.8 Å². The molecule has 0 aromatic carbocycles. The van der Waals surface area contributed by atoms with E-state index in [1.165, 1.54) is 6.26 Å². The standard InChI is InChI=1S/C7H6N2O2/c8-4-3-6(10)9-7-2-1-5-11-7/h1-2,5H,3H2,(H,9,10). The summed E-state index contributed by atoms with van der Waals surface area (Å²) in [7, 11) is 0. The summed E-state index contributed by atoms with van der Waals surface area (Å²) in [6.45, 7) is 0. The van der Waals surface area contributed by atoms with Crippen molar-refractivity contribution in [2.24, 2.45) is 0 Å². The summed E-state index contributed by atoms with van der Waals surface area (Å²) >= 11 is 0. The number of hydrogen-bond donors (Lipinski definition) is 1. The van der Waals surface area contributed by atoms with Crippen molar-refractivity contribution in [3.63, 3.8) is 0 Å². The summed E-state index contributed by atoms with van der Waals surface area (Å²) in [5.74, 6) is 0.00713. The average Bonchev–Trinajstić information content (AvgIpc) is 2.40. The fourth-order valence-corrected chi connectivity index (χ4v) is 0.603. The van der Waals surface area contributed by atoms with Gasteiger partial charge < -0.3 is 4.42 Å². The van der Waals surface area contributed by atoms with E-state index in [-0.39, 0.29) is 12.3 Å². The summed E-state index contributed by atoms with van der Waals surface area (Å²) in [6.07, 6.45) is 1.29. The highest BCUT2D eigenvalue weighted by molar-refractivity contribution is 5.90. The van der Waals surface area contributed by atoms with Gasteiger partial charge in [0.1, 0.15) is 6.42 Å². The van der Waals surface area contributed by atoms with Crippen molar-refractivity contribution in [3.8, 4) is 6.07 Å². The van der Waals surface area contributed by atoms with Crippen LogP contribution in [0.15, 0.2) is 22.8 Å². The molecule has 56 valence electrons. The van der Waals surface area contributed by atoms with E-state index in [2.05, 4.69) is 5.32 Å². The Morgan fingerprint density at radius 1 is 1.82 bits per heavy atom. The van der Waals surface area contributed by atoms with Gasteiger partial charge in [0.05, 0.1) is 12.3 Å². The Kier molecular flexibility index (Phi) is 2.28. The van der Waals surface area contributed by atoms with E-state index in [1.54, 1.807) is 18.2 Å². The summed E-state index contributed by atoms with van der Waals surface area (Å²) < 4.78 is 4.81. The number of hydrogen-bond acceptors (Lipinski definition) is 3. The Bertz CT molecular complexity index is 271. The molecule has 11 heavy (non-hydrogen) atoms. The molecule has 1 aromatic rings. The minimum Gasteiger partial charge on any atom is -0.449 e. The van der Waals surface area contributed by atoms with Gasteiger partial charge in [-0.15, -0.1) is 0 Å². The molecule has 0 bridgehead atoms. The molecule has 4 nitrogen and oxygen atoms in total. The first kappa shape index (κ1) is 7.35. The van der Waals surface area contributed by atoms with Crippen molar-refractivity contribution < 1.29 is 9.21 Å². The zero-order chi connectivity index (χ0) is 8.10. The minimum absolute atomic E-state index is 0.152. The van der Waals surface area contributed by atoms with Crippen molar-refractivity contribution in [1.82, 2.24) is 0 Å². The van der Waals surface area contributed by atoms with Gasteiger partial charge in [0.2, 0.25) is 5.91 Å². The van der Waals surface area contributed by atoms with E-state index < -0.39 is 0 Å². The molecule has 0 aliphatic rings. The lowest BCUT2D eigenvalue weighted by Crippen LogP contribution is -2.08. The van der Waals surface area contributed by atoms with Gasteiger partial charge in [-0.25, -0.2) is 0 Å². The summed E-state index contributed by atoms with van der Waals surface area (Å²) in [4.78, 5) is 10.7. The maximum absolute atomic E-state index is 10.7. The Hall–Kier alpha value is -1.76. The molecule has 0 aliphatic carbocycles. The number of anilines is 1. The second-order valence-electron chi connectivity index (χ2n) is 1.86. The summed E-state index contributed by atoms with van der Waals surface area (Å²) in [5, 5.41) is 10.5. The van der Waals surface area contributed by atoms with Gasteiger partial charge in [0.25, 0.3) is 0 Å². The predicted molar refractivity (Wildman–Crippen MR) is 37.6 cm³/mol. The van der Waals surface area contributed by atoms with Crippen LogP contribution in [0.3, 0.4) is 0 Å². The number of furan rings is 1. The minimum atomic E-state index is -0.359. The number of nitrogens with zero attached hydrogens (tertiary/aromatic N) is 1. The highest BCUT2D eigenvalue weighted by Crippen LogP contribution is 2.06. The average molecular weight is 150 g/mol. The zero-order valence-corrected chi connectivity index (χ0v) is 5.70. The van der Waals surface area contributed by atoms with Crippen LogP contribution in [-0.2, 0) is 4.79 Å². The lowest BCUT2D eigenvalue weighted by atomic mass is 10.4. The number of nitriles is 1. The second kappa shape index (κ2) is 3.42. The fraction of sp³-hybridized carbons (Fsp3) is 0.143. The van der Waals surface area contributed by atoms with Crippen LogP contribution in [0.1, 0.15) is 6.42 Å². The Labute approximate surface area is 63.4 Å². The number of carbonyl (C=O) groups excluding carboxylic acids is 1. The molecular weight excluding hydrogens is 144 g/mol. The first-order chi connectivity index (χ1) is 5.33. The van der Waals surface area contributed by atoms with E-state index >= 15 is 0 Å². The quantitative estimate of drug-likeness (QED) is 0.687. The fourth-order valence-electron chi connectivity index (χ4n) is 0.603. The molecule has 1 amide bonds. The Morgan fingerprint density at radius 3 is 3.18 bits per heavy atom. The molecule has 0 unspecified atom stereocenters. The smallest absolute Gasteiger partial charge is 0.240 e. The van der Waals surface area contributed by atoms with E-state index in [4.69, 9.17) is 9.68 Å². The number of amides is 1. The third-order valence-electron chi connectivity index (χ3n) is 1.02. The van der Waals surface area contributed by atoms with E-state index in [1.807, 2.05) is 0 Å². The monoisotopic (exact) mass is 150 g/mol. The van der Waals surface area contributed by atoms with Crippen LogP contribution in [0.5, 0.6) is 0 Å². The first-order valence-corrected chi connectivity index (χ1v) is 3.03. The SMILES string of the molecule is N#CCC(=O)Nc1ccco1. The van der Waals surface area contributed by atoms with Crippen LogP contribution < -0.4 is 5.32 Å². The molecule has 0 saturated carbocycles. The molecule has 4 heteroatoms. The third kappa shape index (κ3) is 2.14. The van der Waals surface area contributed by atoms with E-state index in [0.717, 1.165) is 0 Å². The van der Waals surface area contributed by atoms with Crippen molar-refractivity contribution in [1.29, 1.82) is 5.26 Å². The largest absolute Gasteiger partial charge is 0.449 e. The second-order valence-corrected chi connectivity index (χ2v) is 1.86. The van der Waals surface area contributed by atoms with Crippen LogP contribution in [0, 0.1) is 11.3 Å². The maximum atomic E-state index is 10.7. The van der Waals surface area contributed by atoms with Gasteiger partial charge in [-0.05, 0) is 6.07 Å². The number of nitrogens with one attached hydrogen (secondary N) is 1. The van der Waals surface area contributed by atoms with Crippen molar-refractivity contribution in [3.05, 3.63) is 18.4 Å². The molecule has 0 radical (unpaired) electrons. The van der Waals surface area contributed by atoms with Gasteiger partial charge in [0, 0.05) is 6.07 Å². The first-order valence-electron chi connectivity index (χ1n) is 3.03. The van der Waals surface area contributed by atoms with E-state index in [0.29, 0.717) is 5.88 Å². The topological polar surface area (TPSA) is 66.0 Å². The van der Waals surface area contributed by atoms with Crippen LogP contribution >= 0.6 is 0 Å². The van der Waals surface area contributed by atoms with Crippen LogP contribution in [-0.4, -0.2) is 5.91 Å². The van der Waals surface area contributed by atoms with Crippen LogP contribution in [0.25, 0.3) is 0 Å². The molecule has 0 spiro atoms. The van der Waals surface area contributed by atoms with E-state index in [9.17, 15) is 4.79 Å². The van der Waals surface area contributed by atoms with Gasteiger partial charge in [-0.1, -0.05) is 0 Å². The molecular formula is C7H6N2O2. The maximum Gasteiger partial charge on any atom is 0.240 e. The predicted octanol–water partition coefficient (Wildman–Crippen LogP) is 1.13. The highest BCUT2D eigenvalue weighted by Gasteiger charge is 2.01. The number of rotatable bonds is 2. The molecule has 0 saturated heterocycles. The molecule has 0 aliphatic heterocycles. The van der Waals surface area contributed by atoms with Gasteiger partial charge in [-0.2, -0.15) is 5.26 Å². The Morgan fingerprint density at radius 2 is 2.64 bits per heavy atom. The third-order valence-corrected chi connectivity index (χ3v) is 1.02. The van der Waals surface area contributed by atoms with Gasteiger partial charge in [-0.3, -0.25) is 10.1 Å².